The van der Waals surface area contributed by atoms with Gasteiger partial charge < -0.3 is 15.4 Å². The van der Waals surface area contributed by atoms with Crippen molar-refractivity contribution in [3.63, 3.8) is 0 Å². The van der Waals surface area contributed by atoms with Crippen LogP contribution in [0, 0.1) is 5.92 Å². The minimum Gasteiger partial charge on any atom is -0.497 e. The molecule has 3 aromatic rings. The quantitative estimate of drug-likeness (QED) is 0.500. The summed E-state index contributed by atoms with van der Waals surface area (Å²) in [5.41, 5.74) is 1.47. The molecule has 6 heteroatoms. The van der Waals surface area contributed by atoms with Gasteiger partial charge in [-0.15, -0.1) is 0 Å². The van der Waals surface area contributed by atoms with Crippen LogP contribution in [0.2, 0.25) is 0 Å². The van der Waals surface area contributed by atoms with Gasteiger partial charge >= 0.3 is 0 Å². The number of ketones is 1. The molecule has 6 nitrogen and oxygen atoms in total. The summed E-state index contributed by atoms with van der Waals surface area (Å²) < 4.78 is 5.22. The molecule has 2 aliphatic rings. The predicted octanol–water partition coefficient (Wildman–Crippen LogP) is 5.17. The summed E-state index contributed by atoms with van der Waals surface area (Å²) in [5.74, 6) is 1.23. The highest BCUT2D eigenvalue weighted by Gasteiger charge is 2.22. The lowest BCUT2D eigenvalue weighted by Crippen LogP contribution is -2.36. The largest absolute Gasteiger partial charge is 0.497 e. The predicted molar refractivity (Wildman–Crippen MR) is 139 cm³/mol. The molecule has 0 radical (unpaired) electrons. The number of piperidine rings is 1. The average molecular weight is 474 g/mol. The number of carbonyl (C=O) groups is 2. The molecule has 1 saturated heterocycles. The molecular weight excluding hydrogens is 438 g/mol. The second-order valence-corrected chi connectivity index (χ2v) is 9.39. The summed E-state index contributed by atoms with van der Waals surface area (Å²) in [7, 11) is 1.66. The van der Waals surface area contributed by atoms with E-state index in [1.807, 2.05) is 36.4 Å². The fourth-order valence-corrected chi connectivity index (χ4v) is 4.83. The maximum absolute atomic E-state index is 12.5. The third-order valence-corrected chi connectivity index (χ3v) is 6.86. The second kappa shape index (κ2) is 12.5. The first-order chi connectivity index (χ1) is 17.1. The molecule has 1 aliphatic heterocycles. The van der Waals surface area contributed by atoms with Gasteiger partial charge in [0, 0.05) is 36.5 Å². The number of hydrogen-bond acceptors (Lipinski definition) is 5. The molecular formula is C29H35N3O3. The van der Waals surface area contributed by atoms with Gasteiger partial charge in [-0.2, -0.15) is 0 Å². The third-order valence-electron chi connectivity index (χ3n) is 6.86. The van der Waals surface area contributed by atoms with Crippen LogP contribution >= 0.6 is 0 Å². The van der Waals surface area contributed by atoms with Crippen molar-refractivity contribution in [2.24, 2.45) is 5.92 Å². The number of carbonyl (C=O) groups excluding carboxylic acids is 2. The van der Waals surface area contributed by atoms with E-state index in [1.165, 1.54) is 19.3 Å². The Balaban J connectivity index is 0.000000172. The van der Waals surface area contributed by atoms with Crippen molar-refractivity contribution in [3.05, 3.63) is 72.1 Å². The topological polar surface area (TPSA) is 80.3 Å². The number of nitrogens with one attached hydrogen (secondary N) is 2. The molecule has 1 amide bonds. The highest BCUT2D eigenvalue weighted by Crippen LogP contribution is 2.24. The maximum atomic E-state index is 12.5. The average Bonchev–Trinajstić information content (AvgIpc) is 2.94. The number of Topliss-reactive ketones (excluding diaryl/α,β-unsaturated/α-hetero) is 1. The van der Waals surface area contributed by atoms with E-state index in [-0.39, 0.29) is 17.6 Å². The van der Waals surface area contributed by atoms with Gasteiger partial charge in [-0.1, -0.05) is 37.5 Å². The van der Waals surface area contributed by atoms with E-state index in [4.69, 9.17) is 4.74 Å². The van der Waals surface area contributed by atoms with E-state index in [1.54, 1.807) is 31.6 Å². The van der Waals surface area contributed by atoms with Gasteiger partial charge in [-0.3, -0.25) is 14.6 Å². The lowest BCUT2D eigenvalue weighted by molar-refractivity contribution is 0.0897. The summed E-state index contributed by atoms with van der Waals surface area (Å²) in [6.07, 6.45) is 11.4. The van der Waals surface area contributed by atoms with Gasteiger partial charge in [0.05, 0.1) is 12.7 Å². The number of hydrogen-bond donors (Lipinski definition) is 2. The smallest absolute Gasteiger partial charge is 0.253 e. The monoisotopic (exact) mass is 473 g/mol. The Kier molecular flexibility index (Phi) is 8.85. The van der Waals surface area contributed by atoms with Crippen LogP contribution in [0.5, 0.6) is 5.75 Å². The number of nitrogens with zero attached hydrogens (tertiary/aromatic N) is 1. The fourth-order valence-electron chi connectivity index (χ4n) is 4.83. The normalized spacial score (nSPS) is 18.3. The minimum absolute atomic E-state index is 0.00926. The second-order valence-electron chi connectivity index (χ2n) is 9.39. The van der Waals surface area contributed by atoms with Crippen LogP contribution in [0.1, 0.15) is 65.7 Å². The highest BCUT2D eigenvalue weighted by molar-refractivity contribution is 6.01. The van der Waals surface area contributed by atoms with Gasteiger partial charge in [-0.05, 0) is 73.3 Å². The van der Waals surface area contributed by atoms with Crippen molar-refractivity contribution in [1.29, 1.82) is 0 Å². The third kappa shape index (κ3) is 6.89. The molecule has 35 heavy (non-hydrogen) atoms. The van der Waals surface area contributed by atoms with Crippen LogP contribution in [-0.2, 0) is 0 Å². The zero-order valence-corrected chi connectivity index (χ0v) is 20.5. The molecule has 2 heterocycles. The number of methoxy groups -OCH3 is 1. The van der Waals surface area contributed by atoms with E-state index in [2.05, 4.69) is 15.6 Å². The zero-order valence-electron chi connectivity index (χ0n) is 20.5. The molecule has 1 aliphatic carbocycles. The van der Waals surface area contributed by atoms with Crippen molar-refractivity contribution in [3.8, 4) is 5.75 Å². The number of fused-ring (bicyclic) bond motifs is 1. The molecule has 2 N–H and O–H groups in total. The van der Waals surface area contributed by atoms with Crippen LogP contribution in [0.3, 0.4) is 0 Å². The Morgan fingerprint density at radius 1 is 0.943 bits per heavy atom. The molecule has 2 fully saturated rings. The van der Waals surface area contributed by atoms with Gasteiger partial charge in [0.15, 0.2) is 5.78 Å². The molecule has 1 aromatic heterocycles. The molecule has 0 spiro atoms. The SMILES string of the molecule is COc1ccc2cc(C(=O)C3CCCNC3)ccc2c1.O=C(NC1CCCCC1)c1cccnc1. The fraction of sp³-hybridized carbons (Fsp3) is 0.414. The van der Waals surface area contributed by atoms with E-state index < -0.39 is 0 Å². The van der Waals surface area contributed by atoms with Crippen molar-refractivity contribution >= 4 is 22.5 Å². The number of amides is 1. The van der Waals surface area contributed by atoms with Crippen molar-refractivity contribution in [2.75, 3.05) is 20.2 Å². The minimum atomic E-state index is 0.00926. The molecule has 5 rings (SSSR count). The molecule has 1 atom stereocenters. The number of aromatic nitrogens is 1. The van der Waals surface area contributed by atoms with E-state index in [0.29, 0.717) is 11.6 Å². The Morgan fingerprint density at radius 2 is 1.74 bits per heavy atom. The summed E-state index contributed by atoms with van der Waals surface area (Å²) in [6, 6.07) is 15.8. The van der Waals surface area contributed by atoms with Crippen molar-refractivity contribution in [1.82, 2.24) is 15.6 Å². The number of pyridine rings is 1. The standard InChI is InChI=1S/C17H19NO2.C12H16N2O/c1-20-16-7-6-12-9-14(5-4-13(12)10-16)17(19)15-3-2-8-18-11-15;15-12(10-5-4-8-13-9-10)14-11-6-2-1-3-7-11/h4-7,9-10,15,18H,2-3,8,11H2,1H3;4-5,8-9,11H,1-3,6-7H2,(H,14,15). The molecule has 1 saturated carbocycles. The molecule has 0 bridgehead atoms. The lowest BCUT2D eigenvalue weighted by atomic mass is 9.90. The van der Waals surface area contributed by atoms with E-state index in [0.717, 1.165) is 60.9 Å². The summed E-state index contributed by atoms with van der Waals surface area (Å²) in [5, 5.41) is 8.54. The van der Waals surface area contributed by atoms with Crippen LogP contribution < -0.4 is 15.4 Å². The van der Waals surface area contributed by atoms with Crippen molar-refractivity contribution < 1.29 is 14.3 Å². The maximum Gasteiger partial charge on any atom is 0.253 e. The van der Waals surface area contributed by atoms with Crippen molar-refractivity contribution in [2.45, 2.75) is 51.0 Å². The number of benzene rings is 2. The molecule has 184 valence electrons. The first-order valence-corrected chi connectivity index (χ1v) is 12.7. The van der Waals surface area contributed by atoms with Crippen LogP contribution in [0.15, 0.2) is 60.9 Å². The zero-order chi connectivity index (χ0) is 24.5. The van der Waals surface area contributed by atoms with Crippen LogP contribution in [0.4, 0.5) is 0 Å². The molecule has 2 aromatic carbocycles. The van der Waals surface area contributed by atoms with E-state index >= 15 is 0 Å². The van der Waals surface area contributed by atoms with Gasteiger partial charge in [-0.25, -0.2) is 0 Å². The van der Waals surface area contributed by atoms with Crippen LogP contribution in [-0.4, -0.2) is 42.9 Å². The first kappa shape index (κ1) is 24.9. The van der Waals surface area contributed by atoms with Gasteiger partial charge in [0.1, 0.15) is 5.75 Å². The Morgan fingerprint density at radius 3 is 2.46 bits per heavy atom. The van der Waals surface area contributed by atoms with Crippen LogP contribution in [0.25, 0.3) is 10.8 Å². The lowest BCUT2D eigenvalue weighted by Gasteiger charge is -2.22. The van der Waals surface area contributed by atoms with Gasteiger partial charge in [0.25, 0.3) is 5.91 Å². The summed E-state index contributed by atoms with van der Waals surface area (Å²) >= 11 is 0. The highest BCUT2D eigenvalue weighted by atomic mass is 16.5. The summed E-state index contributed by atoms with van der Waals surface area (Å²) in [4.78, 5) is 28.2. The molecule has 1 unspecified atom stereocenters. The van der Waals surface area contributed by atoms with E-state index in [9.17, 15) is 9.59 Å². The Labute approximate surface area is 207 Å². The Bertz CT molecular complexity index is 1120. The van der Waals surface area contributed by atoms with Gasteiger partial charge in [0.2, 0.25) is 0 Å². The number of rotatable bonds is 5. The number of ether oxygens (including phenoxy) is 1. The summed E-state index contributed by atoms with van der Waals surface area (Å²) in [6.45, 7) is 1.83. The first-order valence-electron chi connectivity index (χ1n) is 12.7. The Hall–Kier alpha value is -3.25.